The molecule has 4 rings (SSSR count). The van der Waals surface area contributed by atoms with E-state index in [1.54, 1.807) is 7.11 Å². The van der Waals surface area contributed by atoms with E-state index < -0.39 is 0 Å². The topological polar surface area (TPSA) is 52.4 Å². The Bertz CT molecular complexity index is 955. The molecule has 158 valence electrons. The fourth-order valence-electron chi connectivity index (χ4n) is 4.02. The average molecular weight is 407 g/mol. The van der Waals surface area contributed by atoms with Gasteiger partial charge in [0.2, 0.25) is 0 Å². The molecule has 1 aromatic heterocycles. The van der Waals surface area contributed by atoms with Gasteiger partial charge in [-0.25, -0.2) is 0 Å². The second-order valence-corrected chi connectivity index (χ2v) is 7.61. The van der Waals surface area contributed by atoms with E-state index in [4.69, 9.17) is 9.47 Å². The third-order valence-corrected chi connectivity index (χ3v) is 5.61. The van der Waals surface area contributed by atoms with Crippen molar-refractivity contribution in [1.29, 1.82) is 0 Å². The maximum absolute atomic E-state index is 5.73. The average Bonchev–Trinajstić information content (AvgIpc) is 3.06. The third kappa shape index (κ3) is 4.82. The van der Waals surface area contributed by atoms with Crippen LogP contribution in [0.15, 0.2) is 48.5 Å². The Morgan fingerprint density at radius 3 is 2.57 bits per heavy atom. The summed E-state index contributed by atoms with van der Waals surface area (Å²) in [4.78, 5) is 2.48. The molecular weight excluding hydrogens is 376 g/mol. The molecule has 0 aliphatic carbocycles. The quantitative estimate of drug-likeness (QED) is 0.573. The Balaban J connectivity index is 1.39. The molecule has 0 saturated carbocycles. The Morgan fingerprint density at radius 1 is 0.900 bits per heavy atom. The second kappa shape index (κ2) is 9.76. The SMILES string of the molecule is CCOc1cc(CN2CCc3nnc(CCc4ccccc4)n3CC2)ccc1OC. The monoisotopic (exact) mass is 406 g/mol. The summed E-state index contributed by atoms with van der Waals surface area (Å²) >= 11 is 0. The van der Waals surface area contributed by atoms with Crippen molar-refractivity contribution in [1.82, 2.24) is 19.7 Å². The van der Waals surface area contributed by atoms with Crippen molar-refractivity contribution in [3.63, 3.8) is 0 Å². The zero-order chi connectivity index (χ0) is 20.8. The summed E-state index contributed by atoms with van der Waals surface area (Å²) in [5.74, 6) is 3.79. The van der Waals surface area contributed by atoms with Gasteiger partial charge >= 0.3 is 0 Å². The first kappa shape index (κ1) is 20.4. The molecule has 0 saturated heterocycles. The molecular formula is C24H30N4O2. The summed E-state index contributed by atoms with van der Waals surface area (Å²) < 4.78 is 13.5. The van der Waals surface area contributed by atoms with E-state index in [-0.39, 0.29) is 0 Å². The molecule has 6 nitrogen and oxygen atoms in total. The molecule has 6 heteroatoms. The van der Waals surface area contributed by atoms with Crippen molar-refractivity contribution in [2.24, 2.45) is 0 Å². The molecule has 2 heterocycles. The molecule has 1 aliphatic heterocycles. The van der Waals surface area contributed by atoms with Gasteiger partial charge in [0, 0.05) is 39.0 Å². The van der Waals surface area contributed by atoms with Crippen LogP contribution in [0, 0.1) is 0 Å². The van der Waals surface area contributed by atoms with Crippen LogP contribution in [-0.4, -0.2) is 46.5 Å². The number of rotatable bonds is 8. The van der Waals surface area contributed by atoms with Gasteiger partial charge in [-0.1, -0.05) is 36.4 Å². The van der Waals surface area contributed by atoms with Crippen LogP contribution < -0.4 is 9.47 Å². The molecule has 1 aliphatic rings. The molecule has 2 aromatic carbocycles. The molecule has 0 atom stereocenters. The fourth-order valence-corrected chi connectivity index (χ4v) is 4.02. The van der Waals surface area contributed by atoms with Crippen molar-refractivity contribution in [3.8, 4) is 11.5 Å². The number of benzene rings is 2. The van der Waals surface area contributed by atoms with Crippen molar-refractivity contribution < 1.29 is 9.47 Å². The maximum Gasteiger partial charge on any atom is 0.161 e. The Hall–Kier alpha value is -2.86. The summed E-state index contributed by atoms with van der Waals surface area (Å²) in [7, 11) is 1.68. The van der Waals surface area contributed by atoms with Gasteiger partial charge in [0.25, 0.3) is 0 Å². The van der Waals surface area contributed by atoms with Crippen LogP contribution in [0.25, 0.3) is 0 Å². The van der Waals surface area contributed by atoms with Crippen LogP contribution in [0.4, 0.5) is 0 Å². The molecule has 0 fully saturated rings. The number of hydrogen-bond acceptors (Lipinski definition) is 5. The molecule has 0 radical (unpaired) electrons. The van der Waals surface area contributed by atoms with Gasteiger partial charge in [0.15, 0.2) is 11.5 Å². The van der Waals surface area contributed by atoms with Gasteiger partial charge in [0.1, 0.15) is 11.6 Å². The number of aryl methyl sites for hydroxylation is 2. The second-order valence-electron chi connectivity index (χ2n) is 7.61. The molecule has 0 N–H and O–H groups in total. The van der Waals surface area contributed by atoms with Gasteiger partial charge in [0.05, 0.1) is 13.7 Å². The minimum Gasteiger partial charge on any atom is -0.493 e. The summed E-state index contributed by atoms with van der Waals surface area (Å²) in [5, 5.41) is 8.96. The number of nitrogens with zero attached hydrogens (tertiary/aromatic N) is 4. The molecule has 3 aromatic rings. The highest BCUT2D eigenvalue weighted by atomic mass is 16.5. The number of hydrogen-bond donors (Lipinski definition) is 0. The fraction of sp³-hybridized carbons (Fsp3) is 0.417. The molecule has 30 heavy (non-hydrogen) atoms. The predicted molar refractivity (Wildman–Crippen MR) is 117 cm³/mol. The van der Waals surface area contributed by atoms with E-state index in [0.717, 1.165) is 68.6 Å². The van der Waals surface area contributed by atoms with Crippen molar-refractivity contribution in [3.05, 3.63) is 71.3 Å². The van der Waals surface area contributed by atoms with Crippen molar-refractivity contribution >= 4 is 0 Å². The van der Waals surface area contributed by atoms with Crippen LogP contribution in [0.2, 0.25) is 0 Å². The minimum atomic E-state index is 0.628. The lowest BCUT2D eigenvalue weighted by atomic mass is 10.1. The van der Waals surface area contributed by atoms with Gasteiger partial charge in [-0.3, -0.25) is 4.90 Å². The number of ether oxygens (including phenoxy) is 2. The minimum absolute atomic E-state index is 0.628. The van der Waals surface area contributed by atoms with Gasteiger partial charge < -0.3 is 14.0 Å². The molecule has 0 spiro atoms. The van der Waals surface area contributed by atoms with E-state index >= 15 is 0 Å². The van der Waals surface area contributed by atoms with Crippen molar-refractivity contribution in [2.75, 3.05) is 26.8 Å². The number of aromatic nitrogens is 3. The zero-order valence-electron chi connectivity index (χ0n) is 17.9. The van der Waals surface area contributed by atoms with Crippen molar-refractivity contribution in [2.45, 2.75) is 39.3 Å². The standard InChI is InChI=1S/C24H30N4O2/c1-3-30-22-17-20(9-11-21(22)29-2)18-27-14-13-24-26-25-23(28(24)16-15-27)12-10-19-7-5-4-6-8-19/h4-9,11,17H,3,10,12-16,18H2,1-2H3. The number of fused-ring (bicyclic) bond motifs is 1. The van der Waals surface area contributed by atoms with Crippen LogP contribution in [0.3, 0.4) is 0 Å². The highest BCUT2D eigenvalue weighted by molar-refractivity contribution is 5.43. The van der Waals surface area contributed by atoms with E-state index in [0.29, 0.717) is 6.61 Å². The summed E-state index contributed by atoms with van der Waals surface area (Å²) in [6.07, 6.45) is 2.84. The Morgan fingerprint density at radius 2 is 1.77 bits per heavy atom. The first-order valence-electron chi connectivity index (χ1n) is 10.7. The number of methoxy groups -OCH3 is 1. The zero-order valence-corrected chi connectivity index (χ0v) is 17.9. The smallest absolute Gasteiger partial charge is 0.161 e. The molecule has 0 bridgehead atoms. The molecule has 0 unspecified atom stereocenters. The van der Waals surface area contributed by atoms with Crippen LogP contribution in [0.1, 0.15) is 29.7 Å². The Labute approximate surface area is 178 Å². The lowest BCUT2D eigenvalue weighted by Gasteiger charge is -2.20. The third-order valence-electron chi connectivity index (χ3n) is 5.61. The van der Waals surface area contributed by atoms with E-state index in [1.165, 1.54) is 11.1 Å². The van der Waals surface area contributed by atoms with E-state index in [9.17, 15) is 0 Å². The first-order chi connectivity index (χ1) is 14.8. The summed E-state index contributed by atoms with van der Waals surface area (Å²) in [5.41, 5.74) is 2.58. The van der Waals surface area contributed by atoms with E-state index in [1.807, 2.05) is 13.0 Å². The largest absolute Gasteiger partial charge is 0.493 e. The van der Waals surface area contributed by atoms with Gasteiger partial charge in [-0.2, -0.15) is 0 Å². The predicted octanol–water partition coefficient (Wildman–Crippen LogP) is 3.53. The summed E-state index contributed by atoms with van der Waals surface area (Å²) in [6.45, 7) is 6.41. The Kier molecular flexibility index (Phi) is 6.64. The van der Waals surface area contributed by atoms with Crippen LogP contribution >= 0.6 is 0 Å². The van der Waals surface area contributed by atoms with E-state index in [2.05, 4.69) is 62.1 Å². The first-order valence-corrected chi connectivity index (χ1v) is 10.7. The van der Waals surface area contributed by atoms with Crippen LogP contribution in [-0.2, 0) is 32.4 Å². The summed E-state index contributed by atoms with van der Waals surface area (Å²) in [6, 6.07) is 16.8. The van der Waals surface area contributed by atoms with Crippen LogP contribution in [0.5, 0.6) is 11.5 Å². The lowest BCUT2D eigenvalue weighted by Crippen LogP contribution is -2.26. The highest BCUT2D eigenvalue weighted by Gasteiger charge is 2.19. The maximum atomic E-state index is 5.73. The highest BCUT2D eigenvalue weighted by Crippen LogP contribution is 2.28. The molecule has 0 amide bonds. The lowest BCUT2D eigenvalue weighted by molar-refractivity contribution is 0.268. The van der Waals surface area contributed by atoms with Gasteiger partial charge in [-0.05, 0) is 36.6 Å². The normalized spacial score (nSPS) is 14.2. The van der Waals surface area contributed by atoms with Gasteiger partial charge in [-0.15, -0.1) is 10.2 Å².